The summed E-state index contributed by atoms with van der Waals surface area (Å²) in [6, 6.07) is 2.29. The highest BCUT2D eigenvalue weighted by molar-refractivity contribution is 5.80. The topological polar surface area (TPSA) is 56.2 Å². The Hall–Kier alpha value is -1.36. The Morgan fingerprint density at radius 1 is 1.45 bits per heavy atom. The molecule has 0 radical (unpaired) electrons. The number of nitrogens with one attached hydrogen (secondary N) is 1. The van der Waals surface area contributed by atoms with Crippen molar-refractivity contribution >= 4 is 5.97 Å². The molecule has 5 heteroatoms. The molecule has 1 aromatic heterocycles. The molecule has 1 heterocycles. The Morgan fingerprint density at radius 2 is 2.10 bits per heavy atom. The number of methoxy groups -OCH3 is 1. The second-order valence-electron chi connectivity index (χ2n) is 5.61. The van der Waals surface area contributed by atoms with Gasteiger partial charge in [-0.15, -0.1) is 0 Å². The zero-order chi connectivity index (χ0) is 15.3. The average molecular weight is 281 g/mol. The predicted molar refractivity (Wildman–Crippen MR) is 79.7 cm³/mol. The number of hydrogen-bond donors (Lipinski definition) is 1. The Bertz CT molecular complexity index is 454. The Kier molecular flexibility index (Phi) is 5.74. The molecule has 0 aromatic carbocycles. The molecule has 1 aromatic rings. The van der Waals surface area contributed by atoms with Crippen molar-refractivity contribution in [3.8, 4) is 0 Å². The lowest BCUT2D eigenvalue weighted by atomic mass is 10.0. The second-order valence-corrected chi connectivity index (χ2v) is 5.61. The van der Waals surface area contributed by atoms with Crippen LogP contribution in [0.3, 0.4) is 0 Å². The van der Waals surface area contributed by atoms with E-state index in [1.807, 2.05) is 25.5 Å². The molecule has 114 valence electrons. The number of aryl methyl sites for hydroxylation is 2. The van der Waals surface area contributed by atoms with Gasteiger partial charge in [-0.1, -0.05) is 13.8 Å². The van der Waals surface area contributed by atoms with Crippen LogP contribution in [0.25, 0.3) is 0 Å². The third kappa shape index (κ3) is 3.82. The van der Waals surface area contributed by atoms with Crippen molar-refractivity contribution in [2.75, 3.05) is 7.11 Å². The Morgan fingerprint density at radius 3 is 2.55 bits per heavy atom. The Labute approximate surface area is 121 Å². The van der Waals surface area contributed by atoms with Gasteiger partial charge in [0.05, 0.1) is 19.3 Å². The van der Waals surface area contributed by atoms with E-state index in [0.717, 1.165) is 24.2 Å². The van der Waals surface area contributed by atoms with Crippen molar-refractivity contribution in [2.45, 2.75) is 65.6 Å². The van der Waals surface area contributed by atoms with Crippen molar-refractivity contribution in [3.05, 3.63) is 17.5 Å². The van der Waals surface area contributed by atoms with Gasteiger partial charge < -0.3 is 4.74 Å². The van der Waals surface area contributed by atoms with Gasteiger partial charge in [-0.2, -0.15) is 5.10 Å². The highest BCUT2D eigenvalue weighted by Crippen LogP contribution is 2.15. The van der Waals surface area contributed by atoms with Crippen LogP contribution in [0.5, 0.6) is 0 Å². The maximum Gasteiger partial charge on any atom is 0.327 e. The van der Waals surface area contributed by atoms with E-state index >= 15 is 0 Å². The fraction of sp³-hybridized carbons (Fsp3) is 0.733. The summed E-state index contributed by atoms with van der Waals surface area (Å²) < 4.78 is 6.87. The molecular formula is C15H27N3O2. The summed E-state index contributed by atoms with van der Waals surface area (Å²) >= 11 is 0. The first-order chi connectivity index (χ1) is 9.36. The van der Waals surface area contributed by atoms with E-state index < -0.39 is 5.54 Å². The van der Waals surface area contributed by atoms with Crippen LogP contribution in [0.15, 0.2) is 6.07 Å². The average Bonchev–Trinajstić information content (AvgIpc) is 2.78. The van der Waals surface area contributed by atoms with Crippen LogP contribution in [0.4, 0.5) is 0 Å². The highest BCUT2D eigenvalue weighted by atomic mass is 16.5. The number of nitrogens with zero attached hydrogens (tertiary/aromatic N) is 2. The minimum absolute atomic E-state index is 0.186. The molecule has 0 aliphatic carbocycles. The molecule has 1 unspecified atom stereocenters. The van der Waals surface area contributed by atoms with Gasteiger partial charge >= 0.3 is 5.97 Å². The van der Waals surface area contributed by atoms with Crippen LogP contribution >= 0.6 is 0 Å². The molecule has 5 nitrogen and oxygen atoms in total. The van der Waals surface area contributed by atoms with E-state index in [2.05, 4.69) is 30.3 Å². The monoisotopic (exact) mass is 281 g/mol. The van der Waals surface area contributed by atoms with Crippen molar-refractivity contribution in [3.63, 3.8) is 0 Å². The predicted octanol–water partition coefficient (Wildman–Crippen LogP) is 1.94. The molecule has 0 fully saturated rings. The number of ether oxygens (including phenoxy) is 1. The minimum Gasteiger partial charge on any atom is -0.468 e. The van der Waals surface area contributed by atoms with Gasteiger partial charge in [0.25, 0.3) is 0 Å². The van der Waals surface area contributed by atoms with Crippen LogP contribution in [-0.2, 0) is 28.9 Å². The molecule has 0 aliphatic heterocycles. The molecule has 0 amide bonds. The zero-order valence-corrected chi connectivity index (χ0v) is 13.5. The summed E-state index contributed by atoms with van der Waals surface area (Å²) in [6.07, 6.45) is 1.79. The smallest absolute Gasteiger partial charge is 0.327 e. The summed E-state index contributed by atoms with van der Waals surface area (Å²) in [5.41, 5.74) is 1.42. The fourth-order valence-electron chi connectivity index (χ4n) is 2.44. The van der Waals surface area contributed by atoms with Crippen LogP contribution in [0.1, 0.15) is 46.0 Å². The van der Waals surface area contributed by atoms with E-state index in [1.54, 1.807) is 0 Å². The van der Waals surface area contributed by atoms with Crippen LogP contribution < -0.4 is 5.32 Å². The lowest BCUT2D eigenvalue weighted by Gasteiger charge is -2.30. The first-order valence-electron chi connectivity index (χ1n) is 7.28. The first-order valence-corrected chi connectivity index (χ1v) is 7.28. The van der Waals surface area contributed by atoms with E-state index in [4.69, 9.17) is 4.74 Å². The van der Waals surface area contributed by atoms with Gasteiger partial charge in [-0.3, -0.25) is 10.00 Å². The number of aromatic nitrogens is 2. The minimum atomic E-state index is -0.774. The maximum absolute atomic E-state index is 12.1. The van der Waals surface area contributed by atoms with Gasteiger partial charge in [0.15, 0.2) is 0 Å². The lowest BCUT2D eigenvalue weighted by molar-refractivity contribution is -0.149. The number of esters is 1. The number of carbonyl (C=O) groups excluding carboxylic acids is 1. The van der Waals surface area contributed by atoms with Gasteiger partial charge in [0.1, 0.15) is 5.54 Å². The van der Waals surface area contributed by atoms with Crippen LogP contribution in [-0.4, -0.2) is 34.4 Å². The van der Waals surface area contributed by atoms with Gasteiger partial charge in [0, 0.05) is 11.7 Å². The molecule has 0 saturated heterocycles. The van der Waals surface area contributed by atoms with Crippen molar-refractivity contribution < 1.29 is 9.53 Å². The molecular weight excluding hydrogens is 254 g/mol. The van der Waals surface area contributed by atoms with Gasteiger partial charge in [-0.05, 0) is 39.7 Å². The molecule has 1 atom stereocenters. The van der Waals surface area contributed by atoms with E-state index in [0.29, 0.717) is 6.54 Å². The molecule has 0 bridgehead atoms. The quantitative estimate of drug-likeness (QED) is 0.776. The maximum atomic E-state index is 12.1. The van der Waals surface area contributed by atoms with Crippen molar-refractivity contribution in [1.82, 2.24) is 15.1 Å². The standard InChI is InChI=1S/C15H27N3O2/c1-7-12-9-13(8-2)18(17-12)10-15(5,14(19)20-6)16-11(3)4/h9,11,16H,7-8,10H2,1-6H3. The summed E-state index contributed by atoms with van der Waals surface area (Å²) in [4.78, 5) is 12.1. The van der Waals surface area contributed by atoms with Crippen molar-refractivity contribution in [2.24, 2.45) is 0 Å². The third-order valence-corrected chi connectivity index (χ3v) is 3.35. The lowest BCUT2D eigenvalue weighted by Crippen LogP contribution is -2.56. The first kappa shape index (κ1) is 16.7. The van der Waals surface area contributed by atoms with Crippen LogP contribution in [0, 0.1) is 0 Å². The van der Waals surface area contributed by atoms with Crippen molar-refractivity contribution in [1.29, 1.82) is 0 Å². The molecule has 20 heavy (non-hydrogen) atoms. The van der Waals surface area contributed by atoms with E-state index in [9.17, 15) is 4.79 Å². The Balaban J connectivity index is 3.06. The van der Waals surface area contributed by atoms with E-state index in [-0.39, 0.29) is 12.0 Å². The number of hydrogen-bond acceptors (Lipinski definition) is 4. The zero-order valence-electron chi connectivity index (χ0n) is 13.5. The second kappa shape index (κ2) is 6.88. The third-order valence-electron chi connectivity index (χ3n) is 3.35. The SMILES string of the molecule is CCc1cc(CC)n(CC(C)(NC(C)C)C(=O)OC)n1. The molecule has 1 N–H and O–H groups in total. The molecule has 0 saturated carbocycles. The van der Waals surface area contributed by atoms with Gasteiger partial charge in [-0.25, -0.2) is 4.79 Å². The molecule has 0 spiro atoms. The number of carbonyl (C=O) groups is 1. The fourth-order valence-corrected chi connectivity index (χ4v) is 2.44. The summed E-state index contributed by atoms with van der Waals surface area (Å²) in [5, 5.41) is 7.88. The molecule has 1 rings (SSSR count). The van der Waals surface area contributed by atoms with Gasteiger partial charge in [0.2, 0.25) is 0 Å². The summed E-state index contributed by atoms with van der Waals surface area (Å²) in [7, 11) is 1.42. The largest absolute Gasteiger partial charge is 0.468 e. The molecule has 0 aliphatic rings. The summed E-state index contributed by atoms with van der Waals surface area (Å²) in [6.45, 7) is 10.5. The highest BCUT2D eigenvalue weighted by Gasteiger charge is 2.36. The number of rotatable bonds is 7. The van der Waals surface area contributed by atoms with Crippen LogP contribution in [0.2, 0.25) is 0 Å². The summed E-state index contributed by atoms with van der Waals surface area (Å²) in [5.74, 6) is -0.262. The van der Waals surface area contributed by atoms with E-state index in [1.165, 1.54) is 7.11 Å². The normalized spacial score (nSPS) is 14.3.